The predicted molar refractivity (Wildman–Crippen MR) is 115 cm³/mol. The zero-order chi connectivity index (χ0) is 17.6. The van der Waals surface area contributed by atoms with E-state index in [4.69, 9.17) is 4.99 Å². The van der Waals surface area contributed by atoms with Crippen molar-refractivity contribution in [3.63, 3.8) is 0 Å². The first-order chi connectivity index (χ1) is 11.4. The zero-order valence-electron chi connectivity index (χ0n) is 15.8. The van der Waals surface area contributed by atoms with E-state index in [2.05, 4.69) is 24.5 Å². The molecule has 6 nitrogen and oxygen atoms in total. The van der Waals surface area contributed by atoms with E-state index in [1.165, 1.54) is 31.9 Å². The lowest BCUT2D eigenvalue weighted by Gasteiger charge is -2.30. The molecule has 0 spiro atoms. The Morgan fingerprint density at radius 2 is 1.88 bits per heavy atom. The van der Waals surface area contributed by atoms with E-state index >= 15 is 0 Å². The number of aliphatic imine (C=N–C) groups is 1. The lowest BCUT2D eigenvalue weighted by Crippen LogP contribution is -2.45. The van der Waals surface area contributed by atoms with Gasteiger partial charge in [0.1, 0.15) is 0 Å². The zero-order valence-corrected chi connectivity index (χ0v) is 19.0. The summed E-state index contributed by atoms with van der Waals surface area (Å²) in [5.41, 5.74) is 0. The molecule has 0 aromatic rings. The van der Waals surface area contributed by atoms with Gasteiger partial charge in [0.05, 0.1) is 6.26 Å². The Morgan fingerprint density at radius 1 is 1.20 bits per heavy atom. The average molecular weight is 486 g/mol. The van der Waals surface area contributed by atoms with E-state index in [-0.39, 0.29) is 24.0 Å². The summed E-state index contributed by atoms with van der Waals surface area (Å²) in [7, 11) is -3.04. The fourth-order valence-electron chi connectivity index (χ4n) is 3.72. The maximum Gasteiger partial charge on any atom is 0.211 e. The number of hydrogen-bond donors (Lipinski definition) is 2. The van der Waals surface area contributed by atoms with E-state index in [0.29, 0.717) is 25.0 Å². The largest absolute Gasteiger partial charge is 0.357 e. The van der Waals surface area contributed by atoms with Gasteiger partial charge in [0.15, 0.2) is 5.96 Å². The van der Waals surface area contributed by atoms with Gasteiger partial charge in [-0.3, -0.25) is 4.99 Å². The van der Waals surface area contributed by atoms with Crippen LogP contribution in [0.25, 0.3) is 0 Å². The van der Waals surface area contributed by atoms with E-state index in [1.54, 1.807) is 4.31 Å². The van der Waals surface area contributed by atoms with Gasteiger partial charge in [0, 0.05) is 32.2 Å². The van der Waals surface area contributed by atoms with Crippen LogP contribution in [0.15, 0.2) is 4.99 Å². The number of halogens is 1. The van der Waals surface area contributed by atoms with E-state index in [0.717, 1.165) is 37.8 Å². The van der Waals surface area contributed by atoms with Crippen molar-refractivity contribution in [2.45, 2.75) is 58.4 Å². The smallest absolute Gasteiger partial charge is 0.211 e. The molecule has 2 N–H and O–H groups in total. The van der Waals surface area contributed by atoms with Crippen LogP contribution < -0.4 is 10.6 Å². The van der Waals surface area contributed by atoms with Crippen molar-refractivity contribution in [2.24, 2.45) is 16.8 Å². The highest BCUT2D eigenvalue weighted by atomic mass is 127. The number of rotatable bonds is 5. The van der Waals surface area contributed by atoms with Crippen LogP contribution in [-0.4, -0.2) is 57.2 Å². The summed E-state index contributed by atoms with van der Waals surface area (Å²) in [5.74, 6) is 2.19. The van der Waals surface area contributed by atoms with Crippen LogP contribution in [0.3, 0.4) is 0 Å². The quantitative estimate of drug-likeness (QED) is 0.356. The van der Waals surface area contributed by atoms with E-state index < -0.39 is 10.0 Å². The fourth-order valence-corrected chi connectivity index (χ4v) is 4.60. The Labute approximate surface area is 170 Å². The molecule has 0 radical (unpaired) electrons. The van der Waals surface area contributed by atoms with Crippen LogP contribution in [-0.2, 0) is 10.0 Å². The molecule has 2 atom stereocenters. The second kappa shape index (κ2) is 10.9. The molecule has 0 amide bonds. The number of hydrogen-bond acceptors (Lipinski definition) is 3. The van der Waals surface area contributed by atoms with Crippen molar-refractivity contribution in [1.82, 2.24) is 14.9 Å². The standard InChI is InChI=1S/C17H34N4O2S.HI/c1-4-18-17(20-16-7-5-6-14(2)12-16)19-13-15-8-10-21(11-9-15)24(3,22)23;/h14-16H,4-13H2,1-3H3,(H2,18,19,20);1H. The van der Waals surface area contributed by atoms with Gasteiger partial charge in [-0.05, 0) is 44.4 Å². The van der Waals surface area contributed by atoms with Gasteiger partial charge in [0.2, 0.25) is 10.0 Å². The molecule has 2 fully saturated rings. The highest BCUT2D eigenvalue weighted by Gasteiger charge is 2.25. The molecular weight excluding hydrogens is 451 g/mol. The highest BCUT2D eigenvalue weighted by Crippen LogP contribution is 2.23. The summed E-state index contributed by atoms with van der Waals surface area (Å²) in [4.78, 5) is 4.77. The molecule has 2 rings (SSSR count). The Hall–Kier alpha value is -0.0900. The molecule has 148 valence electrons. The minimum atomic E-state index is -3.04. The third-order valence-corrected chi connectivity index (χ3v) is 6.47. The van der Waals surface area contributed by atoms with Gasteiger partial charge in [-0.1, -0.05) is 19.8 Å². The van der Waals surface area contributed by atoms with Crippen molar-refractivity contribution < 1.29 is 8.42 Å². The lowest BCUT2D eigenvalue weighted by atomic mass is 9.87. The minimum absolute atomic E-state index is 0. The number of guanidine groups is 1. The normalized spacial score (nSPS) is 26.8. The molecule has 1 heterocycles. The monoisotopic (exact) mass is 486 g/mol. The SMILES string of the molecule is CCNC(=NCC1CCN(S(C)(=O)=O)CC1)NC1CCCC(C)C1.I. The van der Waals surface area contributed by atoms with Crippen LogP contribution in [0.1, 0.15) is 52.4 Å². The third kappa shape index (κ3) is 7.99. The highest BCUT2D eigenvalue weighted by molar-refractivity contribution is 14.0. The number of nitrogens with zero attached hydrogens (tertiary/aromatic N) is 2. The molecule has 1 aliphatic carbocycles. The Kier molecular flexibility index (Phi) is 10.0. The third-order valence-electron chi connectivity index (χ3n) is 5.17. The molecule has 1 aliphatic heterocycles. The molecule has 0 aromatic heterocycles. The van der Waals surface area contributed by atoms with E-state index in [9.17, 15) is 8.42 Å². The summed E-state index contributed by atoms with van der Waals surface area (Å²) in [5, 5.41) is 6.94. The Morgan fingerprint density at radius 3 is 2.44 bits per heavy atom. The first-order valence-electron chi connectivity index (χ1n) is 9.38. The first-order valence-corrected chi connectivity index (χ1v) is 11.2. The minimum Gasteiger partial charge on any atom is -0.357 e. The molecule has 2 unspecified atom stereocenters. The van der Waals surface area contributed by atoms with Crippen molar-refractivity contribution >= 4 is 40.0 Å². The lowest BCUT2D eigenvalue weighted by molar-refractivity contribution is 0.279. The Bertz CT molecular complexity index is 519. The van der Waals surface area contributed by atoms with E-state index in [1.807, 2.05) is 0 Å². The van der Waals surface area contributed by atoms with Gasteiger partial charge in [-0.25, -0.2) is 12.7 Å². The van der Waals surface area contributed by atoms with Gasteiger partial charge in [0.25, 0.3) is 0 Å². The van der Waals surface area contributed by atoms with Crippen molar-refractivity contribution in [1.29, 1.82) is 0 Å². The number of sulfonamides is 1. The summed E-state index contributed by atoms with van der Waals surface area (Å²) in [6.07, 6.45) is 8.17. The fraction of sp³-hybridized carbons (Fsp3) is 0.941. The van der Waals surface area contributed by atoms with Crippen LogP contribution in [0, 0.1) is 11.8 Å². The molecule has 0 bridgehead atoms. The summed E-state index contributed by atoms with van der Waals surface area (Å²) in [6, 6.07) is 0.527. The number of piperidine rings is 1. The first kappa shape index (κ1) is 23.0. The van der Waals surface area contributed by atoms with Gasteiger partial charge < -0.3 is 10.6 Å². The molecule has 2 aliphatic rings. The maximum atomic E-state index is 11.6. The second-order valence-corrected chi connectivity index (χ2v) is 9.42. The molecule has 8 heteroatoms. The summed E-state index contributed by atoms with van der Waals surface area (Å²) >= 11 is 0. The van der Waals surface area contributed by atoms with Gasteiger partial charge in [-0.2, -0.15) is 0 Å². The predicted octanol–water partition coefficient (Wildman–Crippen LogP) is 2.41. The molecular formula is C17H35IN4O2S. The molecule has 0 aromatic carbocycles. The van der Waals surface area contributed by atoms with Crippen molar-refractivity contribution in [3.8, 4) is 0 Å². The van der Waals surface area contributed by atoms with Crippen molar-refractivity contribution in [3.05, 3.63) is 0 Å². The van der Waals surface area contributed by atoms with Gasteiger partial charge in [-0.15, -0.1) is 24.0 Å². The summed E-state index contributed by atoms with van der Waals surface area (Å²) < 4.78 is 24.7. The summed E-state index contributed by atoms with van der Waals surface area (Å²) in [6.45, 7) is 7.31. The Balaban J connectivity index is 0.00000312. The average Bonchev–Trinajstić information content (AvgIpc) is 2.52. The van der Waals surface area contributed by atoms with Crippen molar-refractivity contribution in [2.75, 3.05) is 32.4 Å². The van der Waals surface area contributed by atoms with Crippen LogP contribution in [0.2, 0.25) is 0 Å². The van der Waals surface area contributed by atoms with Gasteiger partial charge >= 0.3 is 0 Å². The molecule has 1 saturated heterocycles. The second-order valence-electron chi connectivity index (χ2n) is 7.44. The number of nitrogens with one attached hydrogen (secondary N) is 2. The van der Waals surface area contributed by atoms with Crippen LogP contribution in [0.4, 0.5) is 0 Å². The molecule has 1 saturated carbocycles. The molecule has 25 heavy (non-hydrogen) atoms. The van der Waals surface area contributed by atoms with Crippen LogP contribution in [0.5, 0.6) is 0 Å². The maximum absolute atomic E-state index is 11.6. The topological polar surface area (TPSA) is 73.8 Å². The van der Waals surface area contributed by atoms with Crippen LogP contribution >= 0.6 is 24.0 Å².